The minimum atomic E-state index is -6.32. The normalized spacial score (nSPS) is 15.4. The predicted octanol–water partition coefficient (Wildman–Crippen LogP) is 5.37. The number of nitriles is 1. The average molecular weight is 539 g/mol. The number of carbonyl (C=O) groups excluding carboxylic acids is 1. The molecule has 7 nitrogen and oxygen atoms in total. The number of aromatic amines is 1. The van der Waals surface area contributed by atoms with Gasteiger partial charge in [0.1, 0.15) is 16.8 Å². The molecule has 1 aliphatic carbocycles. The van der Waals surface area contributed by atoms with Crippen LogP contribution in [0, 0.1) is 11.3 Å². The SMILES string of the molecule is N#CC1(NC(=O)c2cc(-c3cnn(-c4n[nH]c(C(F)(F)C(F)(F)F)c4C(F)(F)F)c3)ccc2Cl)CC1. The molecular formula is C20H11ClF8N6O. The zero-order chi connectivity index (χ0) is 26.7. The van der Waals surface area contributed by atoms with Crippen molar-refractivity contribution in [2.45, 2.75) is 36.7 Å². The molecule has 4 rings (SSSR count). The first-order valence-corrected chi connectivity index (χ1v) is 10.2. The van der Waals surface area contributed by atoms with Gasteiger partial charge in [0, 0.05) is 11.8 Å². The maximum absolute atomic E-state index is 13.8. The minimum absolute atomic E-state index is 0.00284. The number of halogens is 9. The first kappa shape index (κ1) is 25.4. The van der Waals surface area contributed by atoms with E-state index in [9.17, 15) is 39.9 Å². The van der Waals surface area contributed by atoms with Crippen molar-refractivity contribution in [2.24, 2.45) is 0 Å². The molecule has 2 aromatic heterocycles. The second kappa shape index (κ2) is 8.19. The topological polar surface area (TPSA) is 99.4 Å². The molecule has 1 aliphatic rings. The number of hydrogen-bond acceptors (Lipinski definition) is 4. The quantitative estimate of drug-likeness (QED) is 0.426. The molecule has 0 aliphatic heterocycles. The summed E-state index contributed by atoms with van der Waals surface area (Å²) in [5, 5.41) is 19.4. The maximum atomic E-state index is 13.8. The summed E-state index contributed by atoms with van der Waals surface area (Å²) in [7, 11) is 0. The summed E-state index contributed by atoms with van der Waals surface area (Å²) in [6.45, 7) is 0. The average Bonchev–Trinajstić information content (AvgIpc) is 3.18. The Morgan fingerprint density at radius 1 is 1.14 bits per heavy atom. The van der Waals surface area contributed by atoms with Crippen LogP contribution in [0.3, 0.4) is 0 Å². The predicted molar refractivity (Wildman–Crippen MR) is 106 cm³/mol. The van der Waals surface area contributed by atoms with E-state index in [0.29, 0.717) is 17.5 Å². The lowest BCUT2D eigenvalue weighted by Gasteiger charge is -2.20. The molecule has 0 bridgehead atoms. The summed E-state index contributed by atoms with van der Waals surface area (Å²) in [5.74, 6) is -7.90. The first-order valence-electron chi connectivity index (χ1n) is 9.79. The zero-order valence-corrected chi connectivity index (χ0v) is 18.2. The van der Waals surface area contributed by atoms with Crippen molar-refractivity contribution in [2.75, 3.05) is 0 Å². The van der Waals surface area contributed by atoms with Crippen molar-refractivity contribution in [3.05, 3.63) is 52.4 Å². The summed E-state index contributed by atoms with van der Waals surface area (Å²) in [6, 6.07) is 5.89. The lowest BCUT2D eigenvalue weighted by Crippen LogP contribution is -2.36. The Labute approximate surface area is 200 Å². The van der Waals surface area contributed by atoms with Gasteiger partial charge in [-0.3, -0.25) is 9.89 Å². The molecule has 3 aromatic rings. The number of rotatable bonds is 5. The van der Waals surface area contributed by atoms with E-state index in [0.717, 1.165) is 17.5 Å². The second-order valence-electron chi connectivity index (χ2n) is 7.88. The number of nitrogens with zero attached hydrogens (tertiary/aromatic N) is 4. The summed E-state index contributed by atoms with van der Waals surface area (Å²) in [5.41, 5.74) is -5.64. The van der Waals surface area contributed by atoms with Crippen LogP contribution in [0.25, 0.3) is 16.9 Å². The molecule has 0 spiro atoms. The maximum Gasteiger partial charge on any atom is 0.459 e. The molecule has 0 radical (unpaired) electrons. The lowest BCUT2D eigenvalue weighted by atomic mass is 10.1. The van der Waals surface area contributed by atoms with E-state index in [1.54, 1.807) is 0 Å². The highest BCUT2D eigenvalue weighted by Gasteiger charge is 2.63. The highest BCUT2D eigenvalue weighted by atomic mass is 35.5. The van der Waals surface area contributed by atoms with Gasteiger partial charge in [-0.15, -0.1) is 0 Å². The highest BCUT2D eigenvalue weighted by Crippen LogP contribution is 2.48. The third-order valence-electron chi connectivity index (χ3n) is 5.36. The number of carbonyl (C=O) groups is 1. The van der Waals surface area contributed by atoms with Gasteiger partial charge in [-0.2, -0.15) is 50.6 Å². The van der Waals surface area contributed by atoms with Crippen molar-refractivity contribution in [3.8, 4) is 23.0 Å². The van der Waals surface area contributed by atoms with Crippen molar-refractivity contribution in [1.29, 1.82) is 5.26 Å². The molecule has 16 heteroatoms. The lowest BCUT2D eigenvalue weighted by molar-refractivity contribution is -0.292. The van der Waals surface area contributed by atoms with E-state index in [2.05, 4.69) is 15.5 Å². The van der Waals surface area contributed by atoms with Gasteiger partial charge >= 0.3 is 18.3 Å². The van der Waals surface area contributed by atoms with Crippen molar-refractivity contribution >= 4 is 17.5 Å². The third-order valence-corrected chi connectivity index (χ3v) is 5.69. The number of H-pyrrole nitrogens is 1. The molecule has 0 atom stereocenters. The molecule has 0 unspecified atom stereocenters. The molecule has 1 aromatic carbocycles. The number of nitrogens with one attached hydrogen (secondary N) is 2. The number of hydrogen-bond donors (Lipinski definition) is 2. The fraction of sp³-hybridized carbons (Fsp3) is 0.300. The van der Waals surface area contributed by atoms with Gasteiger partial charge in [0.05, 0.1) is 22.9 Å². The van der Waals surface area contributed by atoms with Gasteiger partial charge in [0.15, 0.2) is 5.82 Å². The highest BCUT2D eigenvalue weighted by molar-refractivity contribution is 6.34. The fourth-order valence-corrected chi connectivity index (χ4v) is 3.48. The molecule has 190 valence electrons. The Morgan fingerprint density at radius 2 is 1.81 bits per heavy atom. The molecule has 1 fully saturated rings. The molecular weight excluding hydrogens is 528 g/mol. The van der Waals surface area contributed by atoms with Crippen molar-refractivity contribution < 1.29 is 39.9 Å². The van der Waals surface area contributed by atoms with Crippen LogP contribution in [-0.4, -0.2) is 37.6 Å². The van der Waals surface area contributed by atoms with Gasteiger partial charge in [-0.25, -0.2) is 4.68 Å². The van der Waals surface area contributed by atoms with Crippen LogP contribution in [0.15, 0.2) is 30.6 Å². The molecule has 36 heavy (non-hydrogen) atoms. The summed E-state index contributed by atoms with van der Waals surface area (Å²) < 4.78 is 107. The van der Waals surface area contributed by atoms with Crippen LogP contribution in [0.4, 0.5) is 35.1 Å². The number of aromatic nitrogens is 4. The standard InChI is InChI=1S/C20H11ClF8N6O/c21-12-2-1-9(5-11(12)16(36)32-17(8-30)3-4-17)10-6-31-35(7-10)15-13(19(24,25)26)14(33-34-15)18(22,23)20(27,28)29/h1-2,5-7H,3-4H2,(H,32,36)(H,33,34). The van der Waals surface area contributed by atoms with E-state index < -0.39 is 46.8 Å². The fourth-order valence-electron chi connectivity index (χ4n) is 3.28. The van der Waals surface area contributed by atoms with Crippen LogP contribution in [-0.2, 0) is 12.1 Å². The molecule has 2 N–H and O–H groups in total. The number of alkyl halides is 8. The van der Waals surface area contributed by atoms with Crippen molar-refractivity contribution in [1.82, 2.24) is 25.3 Å². The van der Waals surface area contributed by atoms with Crippen LogP contribution in [0.5, 0.6) is 0 Å². The Balaban J connectivity index is 1.72. The van der Waals surface area contributed by atoms with Gasteiger partial charge in [-0.05, 0) is 30.5 Å². The molecule has 1 saturated carbocycles. The monoisotopic (exact) mass is 538 g/mol. The Morgan fingerprint density at radius 3 is 2.36 bits per heavy atom. The van der Waals surface area contributed by atoms with Crippen LogP contribution in [0.1, 0.15) is 34.5 Å². The summed E-state index contributed by atoms with van der Waals surface area (Å²) in [6.07, 6.45) is -9.21. The van der Waals surface area contributed by atoms with Crippen molar-refractivity contribution in [3.63, 3.8) is 0 Å². The van der Waals surface area contributed by atoms with Crippen LogP contribution >= 0.6 is 11.6 Å². The van der Waals surface area contributed by atoms with Gasteiger partial charge in [0.2, 0.25) is 0 Å². The molecule has 2 heterocycles. The van der Waals surface area contributed by atoms with E-state index in [-0.39, 0.29) is 21.7 Å². The number of benzene rings is 1. The molecule has 1 amide bonds. The number of amides is 1. The largest absolute Gasteiger partial charge is 0.459 e. The van der Waals surface area contributed by atoms with E-state index >= 15 is 0 Å². The minimum Gasteiger partial charge on any atom is -0.334 e. The van der Waals surface area contributed by atoms with Crippen LogP contribution in [0.2, 0.25) is 5.02 Å². The Kier molecular flexibility index (Phi) is 5.78. The van der Waals surface area contributed by atoms with E-state index in [1.807, 2.05) is 6.07 Å². The van der Waals surface area contributed by atoms with Crippen LogP contribution < -0.4 is 5.32 Å². The van der Waals surface area contributed by atoms with Gasteiger partial charge in [0.25, 0.3) is 5.91 Å². The first-order chi connectivity index (χ1) is 16.6. The third kappa shape index (κ3) is 4.36. The summed E-state index contributed by atoms with van der Waals surface area (Å²) >= 11 is 6.06. The summed E-state index contributed by atoms with van der Waals surface area (Å²) in [4.78, 5) is 12.6. The Hall–Kier alpha value is -3.67. The smallest absolute Gasteiger partial charge is 0.334 e. The second-order valence-corrected chi connectivity index (χ2v) is 8.29. The zero-order valence-electron chi connectivity index (χ0n) is 17.4. The van der Waals surface area contributed by atoms with Gasteiger partial charge in [-0.1, -0.05) is 17.7 Å². The molecule has 0 saturated heterocycles. The van der Waals surface area contributed by atoms with E-state index in [1.165, 1.54) is 18.2 Å². The van der Waals surface area contributed by atoms with E-state index in [4.69, 9.17) is 16.9 Å². The Bertz CT molecular complexity index is 1380. The van der Waals surface area contributed by atoms with Gasteiger partial charge < -0.3 is 5.32 Å².